The fourth-order valence-electron chi connectivity index (χ4n) is 3.48. The first-order valence-electron chi connectivity index (χ1n) is 9.64. The van der Waals surface area contributed by atoms with Gasteiger partial charge < -0.3 is 10.1 Å². The molecule has 0 radical (unpaired) electrons. The Morgan fingerprint density at radius 3 is 2.65 bits per heavy atom. The monoisotopic (exact) mass is 435 g/mol. The minimum atomic E-state index is -0.551. The summed E-state index contributed by atoms with van der Waals surface area (Å²) in [6.45, 7) is 3.57. The molecule has 0 fully saturated rings. The first-order chi connectivity index (χ1) is 14.9. The van der Waals surface area contributed by atoms with Crippen molar-refractivity contribution in [1.29, 1.82) is 0 Å². The Labute approximate surface area is 182 Å². The summed E-state index contributed by atoms with van der Waals surface area (Å²) in [6, 6.07) is 14.1. The number of amides is 1. The molecule has 1 N–H and O–H groups in total. The molecule has 2 aromatic heterocycles. The SMILES string of the molecule is COc1cccc(NC(=O)Cn2c(=O)n(-c3cccc(C)c3C)c(=O)c3sccc32)c1. The van der Waals surface area contributed by atoms with Crippen LogP contribution < -0.4 is 21.3 Å². The number of anilines is 1. The predicted molar refractivity (Wildman–Crippen MR) is 123 cm³/mol. The molecule has 0 bridgehead atoms. The normalized spacial score (nSPS) is 10.9. The third-order valence-electron chi connectivity index (χ3n) is 5.23. The quantitative estimate of drug-likeness (QED) is 0.520. The van der Waals surface area contributed by atoms with Crippen LogP contribution in [0.5, 0.6) is 5.75 Å². The number of carbonyl (C=O) groups is 1. The van der Waals surface area contributed by atoms with Crippen LogP contribution in [0.15, 0.2) is 63.5 Å². The summed E-state index contributed by atoms with van der Waals surface area (Å²) in [5.41, 5.74) is 2.40. The van der Waals surface area contributed by atoms with Gasteiger partial charge in [-0.2, -0.15) is 0 Å². The van der Waals surface area contributed by atoms with E-state index < -0.39 is 5.69 Å². The number of hydrogen-bond donors (Lipinski definition) is 1. The molecule has 158 valence electrons. The fourth-order valence-corrected chi connectivity index (χ4v) is 4.30. The molecule has 0 atom stereocenters. The molecule has 31 heavy (non-hydrogen) atoms. The van der Waals surface area contributed by atoms with E-state index in [1.54, 1.807) is 48.9 Å². The summed E-state index contributed by atoms with van der Waals surface area (Å²) in [5, 5.41) is 4.53. The van der Waals surface area contributed by atoms with E-state index in [1.807, 2.05) is 26.0 Å². The van der Waals surface area contributed by atoms with Crippen molar-refractivity contribution in [2.24, 2.45) is 0 Å². The average Bonchev–Trinajstić information content (AvgIpc) is 3.24. The second-order valence-corrected chi connectivity index (χ2v) is 8.06. The van der Waals surface area contributed by atoms with Crippen LogP contribution in [0.4, 0.5) is 5.69 Å². The molecule has 7 nitrogen and oxygen atoms in total. The molecule has 0 saturated heterocycles. The van der Waals surface area contributed by atoms with Crippen LogP contribution in [0, 0.1) is 13.8 Å². The van der Waals surface area contributed by atoms with E-state index in [4.69, 9.17) is 4.74 Å². The summed E-state index contributed by atoms with van der Waals surface area (Å²) < 4.78 is 8.09. The smallest absolute Gasteiger partial charge is 0.336 e. The standard InChI is InChI=1S/C23H21N3O4S/c1-14-6-4-9-18(15(14)2)26-22(28)21-19(10-11-31-21)25(23(26)29)13-20(27)24-16-7-5-8-17(12-16)30-3/h4-12H,13H2,1-3H3,(H,24,27). The maximum Gasteiger partial charge on any atom is 0.336 e. The number of benzene rings is 2. The number of nitrogens with one attached hydrogen (secondary N) is 1. The van der Waals surface area contributed by atoms with Gasteiger partial charge in [-0.05, 0) is 54.6 Å². The number of carbonyl (C=O) groups excluding carboxylic acids is 1. The molecule has 2 heterocycles. The van der Waals surface area contributed by atoms with Gasteiger partial charge in [-0.1, -0.05) is 18.2 Å². The van der Waals surface area contributed by atoms with Crippen molar-refractivity contribution in [3.05, 3.63) is 85.9 Å². The van der Waals surface area contributed by atoms with Gasteiger partial charge in [0.25, 0.3) is 5.56 Å². The topological polar surface area (TPSA) is 82.3 Å². The van der Waals surface area contributed by atoms with Crippen LogP contribution in [0.25, 0.3) is 15.9 Å². The van der Waals surface area contributed by atoms with E-state index in [9.17, 15) is 14.4 Å². The van der Waals surface area contributed by atoms with Crippen molar-refractivity contribution in [3.8, 4) is 11.4 Å². The van der Waals surface area contributed by atoms with Crippen molar-refractivity contribution in [3.63, 3.8) is 0 Å². The van der Waals surface area contributed by atoms with Crippen molar-refractivity contribution in [2.45, 2.75) is 20.4 Å². The van der Waals surface area contributed by atoms with E-state index in [2.05, 4.69) is 5.32 Å². The summed E-state index contributed by atoms with van der Waals surface area (Å²) in [4.78, 5) is 39.3. The highest BCUT2D eigenvalue weighted by atomic mass is 32.1. The zero-order valence-electron chi connectivity index (χ0n) is 17.3. The highest BCUT2D eigenvalue weighted by Gasteiger charge is 2.19. The molecular weight excluding hydrogens is 414 g/mol. The van der Waals surface area contributed by atoms with Gasteiger partial charge in [0.15, 0.2) is 0 Å². The van der Waals surface area contributed by atoms with E-state index in [-0.39, 0.29) is 18.0 Å². The maximum absolute atomic E-state index is 13.4. The zero-order valence-corrected chi connectivity index (χ0v) is 18.2. The van der Waals surface area contributed by atoms with Gasteiger partial charge in [-0.15, -0.1) is 11.3 Å². The summed E-state index contributed by atoms with van der Waals surface area (Å²) >= 11 is 1.25. The number of nitrogens with zero attached hydrogens (tertiary/aromatic N) is 2. The number of rotatable bonds is 5. The van der Waals surface area contributed by atoms with Crippen molar-refractivity contribution in [2.75, 3.05) is 12.4 Å². The fraction of sp³-hybridized carbons (Fsp3) is 0.174. The molecule has 0 spiro atoms. The third kappa shape index (κ3) is 3.77. The molecule has 0 unspecified atom stereocenters. The lowest BCUT2D eigenvalue weighted by atomic mass is 10.1. The van der Waals surface area contributed by atoms with Crippen LogP contribution >= 0.6 is 11.3 Å². The second kappa shape index (κ2) is 8.23. The van der Waals surface area contributed by atoms with E-state index in [1.165, 1.54) is 15.9 Å². The first-order valence-corrected chi connectivity index (χ1v) is 10.5. The highest BCUT2D eigenvalue weighted by Crippen LogP contribution is 2.20. The third-order valence-corrected chi connectivity index (χ3v) is 6.12. The highest BCUT2D eigenvalue weighted by molar-refractivity contribution is 7.17. The van der Waals surface area contributed by atoms with Gasteiger partial charge in [0.05, 0.1) is 18.3 Å². The molecule has 4 aromatic rings. The van der Waals surface area contributed by atoms with E-state index in [0.29, 0.717) is 27.3 Å². The number of aromatic nitrogens is 2. The molecule has 0 aliphatic rings. The van der Waals surface area contributed by atoms with Crippen LogP contribution in [0.2, 0.25) is 0 Å². The first kappa shape index (κ1) is 20.6. The van der Waals surface area contributed by atoms with Crippen molar-refractivity contribution >= 4 is 33.1 Å². The summed E-state index contributed by atoms with van der Waals surface area (Å²) in [7, 11) is 1.55. The van der Waals surface area contributed by atoms with Crippen LogP contribution in [-0.4, -0.2) is 22.2 Å². The van der Waals surface area contributed by atoms with Gasteiger partial charge in [0.2, 0.25) is 5.91 Å². The average molecular weight is 436 g/mol. The Balaban J connectivity index is 1.80. The summed E-state index contributed by atoms with van der Waals surface area (Å²) in [6.07, 6.45) is 0. The second-order valence-electron chi connectivity index (χ2n) is 7.14. The molecule has 2 aromatic carbocycles. The van der Waals surface area contributed by atoms with E-state index in [0.717, 1.165) is 15.7 Å². The Kier molecular flexibility index (Phi) is 5.48. The van der Waals surface area contributed by atoms with E-state index >= 15 is 0 Å². The van der Waals surface area contributed by atoms with Crippen molar-refractivity contribution < 1.29 is 9.53 Å². The number of hydrogen-bond acceptors (Lipinski definition) is 5. The van der Waals surface area contributed by atoms with Gasteiger partial charge in [0, 0.05) is 11.8 Å². The Hall–Kier alpha value is -3.65. The van der Waals surface area contributed by atoms with Gasteiger partial charge in [-0.3, -0.25) is 14.2 Å². The lowest BCUT2D eigenvalue weighted by Crippen LogP contribution is -2.40. The predicted octanol–water partition coefficient (Wildman–Crippen LogP) is 3.48. The maximum atomic E-state index is 13.4. The Morgan fingerprint density at radius 2 is 1.87 bits per heavy atom. The molecule has 4 rings (SSSR count). The van der Waals surface area contributed by atoms with Gasteiger partial charge in [-0.25, -0.2) is 9.36 Å². The number of aryl methyl sites for hydroxylation is 1. The largest absolute Gasteiger partial charge is 0.497 e. The Bertz CT molecular complexity index is 1410. The molecule has 0 aliphatic carbocycles. The van der Waals surface area contributed by atoms with Crippen LogP contribution in [0.3, 0.4) is 0 Å². The molecule has 0 aliphatic heterocycles. The lowest BCUT2D eigenvalue weighted by molar-refractivity contribution is -0.116. The zero-order chi connectivity index (χ0) is 22.1. The summed E-state index contributed by atoms with van der Waals surface area (Å²) in [5.74, 6) is 0.229. The minimum Gasteiger partial charge on any atom is -0.497 e. The number of methoxy groups -OCH3 is 1. The molecule has 1 amide bonds. The van der Waals surface area contributed by atoms with Gasteiger partial charge in [0.1, 0.15) is 17.0 Å². The van der Waals surface area contributed by atoms with Crippen LogP contribution in [-0.2, 0) is 11.3 Å². The lowest BCUT2D eigenvalue weighted by Gasteiger charge is -2.15. The molecular formula is C23H21N3O4S. The minimum absolute atomic E-state index is 0.228. The molecule has 0 saturated carbocycles. The molecule has 8 heteroatoms. The number of fused-ring (bicyclic) bond motifs is 1. The van der Waals surface area contributed by atoms with Gasteiger partial charge >= 0.3 is 5.69 Å². The van der Waals surface area contributed by atoms with Crippen LogP contribution in [0.1, 0.15) is 11.1 Å². The number of thiophene rings is 1. The number of ether oxygens (including phenoxy) is 1. The van der Waals surface area contributed by atoms with Crippen molar-refractivity contribution in [1.82, 2.24) is 9.13 Å². The Morgan fingerprint density at radius 1 is 1.10 bits per heavy atom.